The van der Waals surface area contributed by atoms with Crippen molar-refractivity contribution in [3.8, 4) is 0 Å². The van der Waals surface area contributed by atoms with Gasteiger partial charge in [-0.25, -0.2) is 9.50 Å². The van der Waals surface area contributed by atoms with E-state index in [4.69, 9.17) is 17.3 Å². The van der Waals surface area contributed by atoms with Crippen molar-refractivity contribution in [3.05, 3.63) is 69.4 Å². The number of hydrogen-bond donors (Lipinski definition) is 3. The molecule has 1 atom stereocenters. The first kappa shape index (κ1) is 20.8. The van der Waals surface area contributed by atoms with E-state index in [9.17, 15) is 9.59 Å². The Kier molecular flexibility index (Phi) is 5.62. The van der Waals surface area contributed by atoms with Crippen LogP contribution >= 0.6 is 11.6 Å². The highest BCUT2D eigenvalue weighted by Crippen LogP contribution is 2.24. The average molecular weight is 440 g/mol. The summed E-state index contributed by atoms with van der Waals surface area (Å²) >= 11 is 6.30. The minimum atomic E-state index is -0.488. The first-order valence-electron chi connectivity index (χ1n) is 9.78. The lowest BCUT2D eigenvalue weighted by Crippen LogP contribution is -2.34. The number of nitrogens with two attached hydrogens (primary N) is 1. The second-order valence-corrected chi connectivity index (χ2v) is 7.58. The van der Waals surface area contributed by atoms with E-state index < -0.39 is 11.9 Å². The van der Waals surface area contributed by atoms with Crippen molar-refractivity contribution in [2.24, 2.45) is 0 Å². The van der Waals surface area contributed by atoms with Crippen molar-refractivity contribution in [2.75, 3.05) is 19.3 Å². The fourth-order valence-corrected chi connectivity index (χ4v) is 3.92. The number of likely N-dealkylation sites (N-methyl/N-ethyl adjacent to an activating group) is 1. The molecule has 0 aliphatic heterocycles. The van der Waals surface area contributed by atoms with Gasteiger partial charge in [-0.15, -0.1) is 5.10 Å². The molecule has 0 aliphatic rings. The number of pyridine rings is 1. The maximum absolute atomic E-state index is 13.2. The van der Waals surface area contributed by atoms with Gasteiger partial charge in [0.05, 0.1) is 16.5 Å². The maximum Gasteiger partial charge on any atom is 0.260 e. The van der Waals surface area contributed by atoms with Crippen LogP contribution in [-0.2, 0) is 6.54 Å². The fraction of sp³-hybridized carbons (Fsp3) is 0.238. The third-order valence-electron chi connectivity index (χ3n) is 5.15. The molecule has 31 heavy (non-hydrogen) atoms. The second kappa shape index (κ2) is 8.37. The molecule has 0 bridgehead atoms. The number of halogens is 1. The largest absolute Gasteiger partial charge is 0.381 e. The van der Waals surface area contributed by atoms with Gasteiger partial charge in [-0.05, 0) is 37.6 Å². The van der Waals surface area contributed by atoms with Crippen LogP contribution in [0.15, 0.2) is 47.5 Å². The van der Waals surface area contributed by atoms with Gasteiger partial charge in [-0.1, -0.05) is 23.7 Å². The van der Waals surface area contributed by atoms with Crippen LogP contribution in [0.1, 0.15) is 29.0 Å². The number of rotatable bonds is 6. The van der Waals surface area contributed by atoms with Gasteiger partial charge in [0, 0.05) is 31.2 Å². The molecule has 3 aromatic heterocycles. The first-order valence-corrected chi connectivity index (χ1v) is 10.2. The Hall–Kier alpha value is -3.43. The molecule has 0 radical (unpaired) electrons. The zero-order chi connectivity index (χ0) is 22.1. The van der Waals surface area contributed by atoms with Gasteiger partial charge in [0.2, 0.25) is 0 Å². The molecule has 3 heterocycles. The van der Waals surface area contributed by atoms with Gasteiger partial charge in [-0.3, -0.25) is 9.59 Å². The molecule has 1 unspecified atom stereocenters. The zero-order valence-corrected chi connectivity index (χ0v) is 17.8. The normalized spacial score (nSPS) is 12.4. The Balaban J connectivity index is 1.76. The molecular formula is C21H22ClN7O2. The predicted molar refractivity (Wildman–Crippen MR) is 120 cm³/mol. The van der Waals surface area contributed by atoms with Crippen LogP contribution in [0.25, 0.3) is 16.4 Å². The highest BCUT2D eigenvalue weighted by molar-refractivity contribution is 6.35. The van der Waals surface area contributed by atoms with E-state index in [1.165, 1.54) is 4.52 Å². The molecule has 4 rings (SSSR count). The smallest absolute Gasteiger partial charge is 0.260 e. The summed E-state index contributed by atoms with van der Waals surface area (Å²) in [6.07, 6.45) is 3.24. The van der Waals surface area contributed by atoms with Crippen molar-refractivity contribution in [1.29, 1.82) is 0 Å². The minimum absolute atomic E-state index is 0.0845. The van der Waals surface area contributed by atoms with Crippen LogP contribution in [0.4, 0.5) is 5.82 Å². The molecule has 0 spiro atoms. The zero-order valence-electron chi connectivity index (χ0n) is 17.1. The number of nitrogen functional groups attached to an aromatic ring is 1. The molecule has 9 nitrogen and oxygen atoms in total. The van der Waals surface area contributed by atoms with Gasteiger partial charge in [0.1, 0.15) is 5.56 Å². The summed E-state index contributed by atoms with van der Waals surface area (Å²) in [5.41, 5.74) is 6.98. The molecule has 10 heteroatoms. The summed E-state index contributed by atoms with van der Waals surface area (Å²) in [7, 11) is 1.81. The van der Waals surface area contributed by atoms with E-state index in [1.807, 2.05) is 26.1 Å². The third kappa shape index (κ3) is 3.73. The Morgan fingerprint density at radius 1 is 1.32 bits per heavy atom. The molecule has 1 aromatic carbocycles. The van der Waals surface area contributed by atoms with E-state index in [0.29, 0.717) is 40.2 Å². The molecule has 1 amide bonds. The maximum atomic E-state index is 13.2. The molecule has 0 fully saturated rings. The highest BCUT2D eigenvalue weighted by Gasteiger charge is 2.23. The molecule has 0 saturated heterocycles. The van der Waals surface area contributed by atoms with Crippen molar-refractivity contribution in [1.82, 2.24) is 29.8 Å². The Bertz CT molecular complexity index is 1350. The molecule has 4 N–H and O–H groups in total. The van der Waals surface area contributed by atoms with Crippen LogP contribution in [0.3, 0.4) is 0 Å². The molecular weight excluding hydrogens is 418 g/mol. The third-order valence-corrected chi connectivity index (χ3v) is 5.46. The van der Waals surface area contributed by atoms with Crippen molar-refractivity contribution in [3.63, 3.8) is 0 Å². The van der Waals surface area contributed by atoms with E-state index in [1.54, 1.807) is 35.2 Å². The number of anilines is 1. The van der Waals surface area contributed by atoms with E-state index in [2.05, 4.69) is 20.7 Å². The highest BCUT2D eigenvalue weighted by atomic mass is 35.5. The number of nitrogens with one attached hydrogen (secondary N) is 2. The lowest BCUT2D eigenvalue weighted by Gasteiger charge is -2.21. The second-order valence-electron chi connectivity index (χ2n) is 7.18. The number of fused-ring (bicyclic) bond motifs is 2. The summed E-state index contributed by atoms with van der Waals surface area (Å²) in [4.78, 5) is 30.5. The number of aromatic nitrogens is 4. The Morgan fingerprint density at radius 3 is 2.90 bits per heavy atom. The quantitative estimate of drug-likeness (QED) is 0.422. The van der Waals surface area contributed by atoms with Crippen LogP contribution < -0.4 is 21.9 Å². The van der Waals surface area contributed by atoms with Crippen LogP contribution in [0, 0.1) is 0 Å². The van der Waals surface area contributed by atoms with E-state index >= 15 is 0 Å². The van der Waals surface area contributed by atoms with Gasteiger partial charge >= 0.3 is 0 Å². The summed E-state index contributed by atoms with van der Waals surface area (Å²) in [6, 6.07) is 8.40. The summed E-state index contributed by atoms with van der Waals surface area (Å²) in [5.74, 6) is -0.334. The Morgan fingerprint density at radius 2 is 2.13 bits per heavy atom. The number of carbonyl (C=O) groups is 1. The van der Waals surface area contributed by atoms with E-state index in [-0.39, 0.29) is 16.9 Å². The van der Waals surface area contributed by atoms with Gasteiger partial charge in [0.25, 0.3) is 11.5 Å². The number of carbonyl (C=O) groups excluding carboxylic acids is 1. The number of amides is 1. The molecule has 4 aromatic rings. The standard InChI is InChI=1S/C21H22ClN7O2/c1-12(26-20(30)17-18(23)27-29-9-4-7-25-19(17)29)15-11-13-5-3-6-14(22)16(13)21(31)28(15)10-8-24-2/h3-7,9,11-12,24H,8,10H2,1-2H3,(H2,23,27)(H,26,30). The first-order chi connectivity index (χ1) is 14.9. The fourth-order valence-electron chi connectivity index (χ4n) is 3.65. The average Bonchev–Trinajstić information content (AvgIpc) is 3.08. The summed E-state index contributed by atoms with van der Waals surface area (Å²) < 4.78 is 3.09. The van der Waals surface area contributed by atoms with Crippen LogP contribution in [0.2, 0.25) is 5.02 Å². The molecule has 160 valence electrons. The predicted octanol–water partition coefficient (Wildman–Crippen LogP) is 1.99. The van der Waals surface area contributed by atoms with Crippen molar-refractivity contribution >= 4 is 39.7 Å². The lowest BCUT2D eigenvalue weighted by atomic mass is 10.1. The van der Waals surface area contributed by atoms with E-state index in [0.717, 1.165) is 0 Å². The topological polar surface area (TPSA) is 119 Å². The summed E-state index contributed by atoms with van der Waals surface area (Å²) in [5, 5.41) is 11.7. The van der Waals surface area contributed by atoms with Crippen LogP contribution in [-0.4, -0.2) is 38.7 Å². The summed E-state index contributed by atoms with van der Waals surface area (Å²) in [6.45, 7) is 2.81. The number of hydrogen-bond acceptors (Lipinski definition) is 6. The number of nitrogens with zero attached hydrogens (tertiary/aromatic N) is 4. The van der Waals surface area contributed by atoms with Gasteiger partial charge in [0.15, 0.2) is 11.5 Å². The van der Waals surface area contributed by atoms with Gasteiger partial charge < -0.3 is 20.9 Å². The molecule has 0 aliphatic carbocycles. The van der Waals surface area contributed by atoms with Gasteiger partial charge in [-0.2, -0.15) is 0 Å². The SMILES string of the molecule is CNCCn1c(C(C)NC(=O)c2c(N)nn3cccnc23)cc2cccc(Cl)c2c1=O. The lowest BCUT2D eigenvalue weighted by molar-refractivity contribution is 0.0940. The monoisotopic (exact) mass is 439 g/mol. The minimum Gasteiger partial charge on any atom is -0.381 e. The Labute approximate surface area is 182 Å². The molecule has 0 saturated carbocycles. The van der Waals surface area contributed by atoms with Crippen LogP contribution in [0.5, 0.6) is 0 Å². The number of benzene rings is 1. The van der Waals surface area contributed by atoms with Crippen molar-refractivity contribution < 1.29 is 4.79 Å². The van der Waals surface area contributed by atoms with Crippen molar-refractivity contribution in [2.45, 2.75) is 19.5 Å².